The van der Waals surface area contributed by atoms with Crippen molar-refractivity contribution >= 4 is 15.9 Å². The molecule has 2 heteroatoms. The van der Waals surface area contributed by atoms with E-state index in [0.29, 0.717) is 6.61 Å². The van der Waals surface area contributed by atoms with Crippen LogP contribution in [-0.2, 0) is 0 Å². The van der Waals surface area contributed by atoms with Crippen LogP contribution in [0.1, 0.15) is 39.0 Å². The second-order valence-corrected chi connectivity index (χ2v) is 3.83. The van der Waals surface area contributed by atoms with Gasteiger partial charge in [-0.2, -0.15) is 0 Å². The zero-order valence-corrected chi connectivity index (χ0v) is 8.94. The summed E-state index contributed by atoms with van der Waals surface area (Å²) in [5.41, 5.74) is 0. The van der Waals surface area contributed by atoms with Gasteiger partial charge in [0.25, 0.3) is 0 Å². The Morgan fingerprint density at radius 2 is 1.82 bits per heavy atom. The highest BCUT2D eigenvalue weighted by Gasteiger charge is 1.98. The smallest absolute Gasteiger partial charge is 0.0431 e. The fourth-order valence-electron chi connectivity index (χ4n) is 1.04. The van der Waals surface area contributed by atoms with Gasteiger partial charge in [0.1, 0.15) is 0 Å². The topological polar surface area (TPSA) is 20.2 Å². The quantitative estimate of drug-likeness (QED) is 0.519. The summed E-state index contributed by atoms with van der Waals surface area (Å²) in [6, 6.07) is 0. The number of hydrogen-bond acceptors (Lipinski definition) is 1. The molecular formula is C9H19BrO. The normalized spacial score (nSPS) is 13.4. The van der Waals surface area contributed by atoms with E-state index in [-0.39, 0.29) is 0 Å². The molecule has 0 unspecified atom stereocenters. The number of aliphatic hydroxyl groups is 1. The van der Waals surface area contributed by atoms with Crippen molar-refractivity contribution < 1.29 is 5.11 Å². The van der Waals surface area contributed by atoms with Gasteiger partial charge in [-0.15, -0.1) is 0 Å². The molecule has 0 aliphatic heterocycles. The predicted molar refractivity (Wildman–Crippen MR) is 53.1 cm³/mol. The average Bonchev–Trinajstić information content (AvgIpc) is 2.04. The van der Waals surface area contributed by atoms with Crippen molar-refractivity contribution in [3.05, 3.63) is 0 Å². The van der Waals surface area contributed by atoms with Crippen molar-refractivity contribution in [3.8, 4) is 0 Å². The number of hydrogen-bond donors (Lipinski definition) is 1. The van der Waals surface area contributed by atoms with E-state index in [1.54, 1.807) is 0 Å². The van der Waals surface area contributed by atoms with Crippen molar-refractivity contribution in [3.63, 3.8) is 0 Å². The van der Waals surface area contributed by atoms with Gasteiger partial charge < -0.3 is 5.11 Å². The molecule has 0 saturated heterocycles. The Morgan fingerprint density at radius 3 is 2.36 bits per heavy atom. The molecule has 0 spiro atoms. The van der Waals surface area contributed by atoms with Crippen LogP contribution in [-0.4, -0.2) is 17.0 Å². The Morgan fingerprint density at radius 1 is 1.18 bits per heavy atom. The molecule has 1 nitrogen and oxygen atoms in total. The number of unbranched alkanes of at least 4 members (excludes halogenated alkanes) is 3. The zero-order chi connectivity index (χ0) is 8.53. The summed E-state index contributed by atoms with van der Waals surface area (Å²) < 4.78 is 0. The number of halogens is 1. The molecule has 0 fully saturated rings. The van der Waals surface area contributed by atoms with Gasteiger partial charge in [-0.25, -0.2) is 0 Å². The molecule has 0 heterocycles. The van der Waals surface area contributed by atoms with Crippen molar-refractivity contribution in [1.29, 1.82) is 0 Å². The molecule has 0 aliphatic rings. The minimum absolute atomic E-state index is 0.355. The van der Waals surface area contributed by atoms with Crippen molar-refractivity contribution in [2.45, 2.75) is 39.0 Å². The van der Waals surface area contributed by atoms with Crippen LogP contribution in [0.5, 0.6) is 0 Å². The molecule has 0 aromatic rings. The Balaban J connectivity index is 2.89. The summed E-state index contributed by atoms with van der Waals surface area (Å²) in [7, 11) is 0. The fraction of sp³-hybridized carbons (Fsp3) is 1.00. The SMILES string of the molecule is C[C@@H](CBr)CCCCCCO. The fourth-order valence-corrected chi connectivity index (χ4v) is 1.36. The van der Waals surface area contributed by atoms with Crippen LogP contribution in [0.15, 0.2) is 0 Å². The summed E-state index contributed by atoms with van der Waals surface area (Å²) in [6.45, 7) is 2.62. The molecule has 1 N–H and O–H groups in total. The molecule has 0 rings (SSSR count). The predicted octanol–water partition coefficient (Wildman–Crippen LogP) is 2.96. The van der Waals surface area contributed by atoms with E-state index in [4.69, 9.17) is 5.11 Å². The Kier molecular flexibility index (Phi) is 8.88. The second kappa shape index (κ2) is 8.54. The van der Waals surface area contributed by atoms with Crippen molar-refractivity contribution in [2.75, 3.05) is 11.9 Å². The second-order valence-electron chi connectivity index (χ2n) is 3.19. The molecule has 0 aliphatic carbocycles. The summed E-state index contributed by atoms with van der Waals surface area (Å²) in [5.74, 6) is 0.809. The third-order valence-electron chi connectivity index (χ3n) is 1.87. The van der Waals surface area contributed by atoms with E-state index >= 15 is 0 Å². The van der Waals surface area contributed by atoms with Gasteiger partial charge >= 0.3 is 0 Å². The number of alkyl halides is 1. The maximum absolute atomic E-state index is 8.51. The molecule has 11 heavy (non-hydrogen) atoms. The maximum Gasteiger partial charge on any atom is 0.0431 e. The lowest BCUT2D eigenvalue weighted by Gasteiger charge is -2.05. The first kappa shape index (κ1) is 11.4. The van der Waals surface area contributed by atoms with E-state index in [9.17, 15) is 0 Å². The van der Waals surface area contributed by atoms with Gasteiger partial charge in [0, 0.05) is 11.9 Å². The van der Waals surface area contributed by atoms with Gasteiger partial charge in [-0.1, -0.05) is 42.1 Å². The van der Waals surface area contributed by atoms with Gasteiger partial charge in [0.05, 0.1) is 0 Å². The van der Waals surface area contributed by atoms with Gasteiger partial charge in [-0.3, -0.25) is 0 Å². The first-order valence-electron chi connectivity index (χ1n) is 4.48. The van der Waals surface area contributed by atoms with Crippen LogP contribution >= 0.6 is 15.9 Å². The average molecular weight is 223 g/mol. The molecule has 0 bridgehead atoms. The lowest BCUT2D eigenvalue weighted by Crippen LogP contribution is -1.95. The van der Waals surface area contributed by atoms with E-state index in [1.165, 1.54) is 25.7 Å². The summed E-state index contributed by atoms with van der Waals surface area (Å²) in [6.07, 6.45) is 6.07. The van der Waals surface area contributed by atoms with Crippen LogP contribution in [0.25, 0.3) is 0 Å². The summed E-state index contributed by atoms with van der Waals surface area (Å²) in [5, 5.41) is 9.63. The monoisotopic (exact) mass is 222 g/mol. The molecule has 0 radical (unpaired) electrons. The van der Waals surface area contributed by atoms with Crippen LogP contribution < -0.4 is 0 Å². The Bertz CT molecular complexity index is 76.0. The molecule has 68 valence electrons. The summed E-state index contributed by atoms with van der Waals surface area (Å²) >= 11 is 3.46. The van der Waals surface area contributed by atoms with Gasteiger partial charge in [0.15, 0.2) is 0 Å². The molecule has 0 aromatic carbocycles. The Hall–Kier alpha value is 0.440. The van der Waals surface area contributed by atoms with Crippen LogP contribution in [0.4, 0.5) is 0 Å². The third-order valence-corrected chi connectivity index (χ3v) is 2.97. The number of aliphatic hydroxyl groups excluding tert-OH is 1. The highest BCUT2D eigenvalue weighted by molar-refractivity contribution is 9.09. The van der Waals surface area contributed by atoms with Crippen LogP contribution in [0, 0.1) is 5.92 Å². The molecule has 0 amide bonds. The maximum atomic E-state index is 8.51. The van der Waals surface area contributed by atoms with E-state index in [0.717, 1.165) is 17.7 Å². The lowest BCUT2D eigenvalue weighted by molar-refractivity contribution is 0.282. The van der Waals surface area contributed by atoms with Crippen molar-refractivity contribution in [2.24, 2.45) is 5.92 Å². The molecule has 0 aromatic heterocycles. The zero-order valence-electron chi connectivity index (χ0n) is 7.35. The third kappa shape index (κ3) is 8.35. The van der Waals surface area contributed by atoms with Gasteiger partial charge in [0.2, 0.25) is 0 Å². The van der Waals surface area contributed by atoms with E-state index < -0.39 is 0 Å². The van der Waals surface area contributed by atoms with Crippen LogP contribution in [0.3, 0.4) is 0 Å². The highest BCUT2D eigenvalue weighted by atomic mass is 79.9. The summed E-state index contributed by atoms with van der Waals surface area (Å²) in [4.78, 5) is 0. The molecule has 0 saturated carbocycles. The van der Waals surface area contributed by atoms with Gasteiger partial charge in [-0.05, 0) is 18.8 Å². The molecular weight excluding hydrogens is 204 g/mol. The lowest BCUT2D eigenvalue weighted by atomic mass is 10.0. The largest absolute Gasteiger partial charge is 0.396 e. The van der Waals surface area contributed by atoms with Crippen LogP contribution in [0.2, 0.25) is 0 Å². The number of rotatable bonds is 7. The first-order valence-corrected chi connectivity index (χ1v) is 5.60. The molecule has 1 atom stereocenters. The minimum atomic E-state index is 0.355. The van der Waals surface area contributed by atoms with Crippen molar-refractivity contribution in [1.82, 2.24) is 0 Å². The first-order chi connectivity index (χ1) is 5.31. The van der Waals surface area contributed by atoms with E-state index in [1.807, 2.05) is 0 Å². The minimum Gasteiger partial charge on any atom is -0.396 e. The Labute approximate surface area is 78.3 Å². The van der Waals surface area contributed by atoms with E-state index in [2.05, 4.69) is 22.9 Å². The highest BCUT2D eigenvalue weighted by Crippen LogP contribution is 2.11. The standard InChI is InChI=1S/C9H19BrO/c1-9(8-10)6-4-2-3-5-7-11/h9,11H,2-8H2,1H3/t9-/m1/s1.